The van der Waals surface area contributed by atoms with Gasteiger partial charge in [-0.25, -0.2) is 4.39 Å². The van der Waals surface area contributed by atoms with Crippen LogP contribution in [0.5, 0.6) is 0 Å². The Morgan fingerprint density at radius 1 is 1.44 bits per heavy atom. The van der Waals surface area contributed by atoms with Crippen molar-refractivity contribution < 1.29 is 9.50 Å². The average Bonchev–Trinajstić information content (AvgIpc) is 2.61. The van der Waals surface area contributed by atoms with Gasteiger partial charge in [-0.3, -0.25) is 4.68 Å². The van der Waals surface area contributed by atoms with Crippen LogP contribution in [-0.4, -0.2) is 14.9 Å². The molecule has 0 radical (unpaired) electrons. The minimum Gasteiger partial charge on any atom is -0.388 e. The number of halogens is 2. The Hall–Kier alpha value is -1.39. The zero-order valence-electron chi connectivity index (χ0n) is 10.2. The van der Waals surface area contributed by atoms with E-state index in [9.17, 15) is 9.50 Å². The second-order valence-electron chi connectivity index (χ2n) is 4.29. The first-order valence-corrected chi connectivity index (χ1v) is 5.97. The van der Waals surface area contributed by atoms with Crippen LogP contribution in [-0.2, 0) is 13.5 Å². The predicted molar refractivity (Wildman–Crippen MR) is 68.0 cm³/mol. The van der Waals surface area contributed by atoms with Crippen LogP contribution in [0.25, 0.3) is 0 Å². The van der Waals surface area contributed by atoms with Crippen LogP contribution < -0.4 is 0 Å². The summed E-state index contributed by atoms with van der Waals surface area (Å²) in [7, 11) is 1.82. The third-order valence-electron chi connectivity index (χ3n) is 2.83. The Morgan fingerprint density at radius 2 is 2.17 bits per heavy atom. The molecular weight excluding hydrogens is 255 g/mol. The molecule has 3 nitrogen and oxygen atoms in total. The van der Waals surface area contributed by atoms with Crippen molar-refractivity contribution in [3.05, 3.63) is 52.1 Å². The minimum absolute atomic E-state index is 0.0577. The molecule has 1 atom stereocenters. The summed E-state index contributed by atoms with van der Waals surface area (Å²) in [6.07, 6.45) is -0.384. The van der Waals surface area contributed by atoms with E-state index in [2.05, 4.69) is 5.10 Å². The van der Waals surface area contributed by atoms with Crippen LogP contribution in [0, 0.1) is 12.7 Å². The lowest BCUT2D eigenvalue weighted by atomic mass is 10.0. The van der Waals surface area contributed by atoms with Gasteiger partial charge in [0.1, 0.15) is 5.82 Å². The molecule has 1 unspecified atom stereocenters. The summed E-state index contributed by atoms with van der Waals surface area (Å²) in [5, 5.41) is 14.3. The average molecular weight is 269 g/mol. The molecule has 96 valence electrons. The van der Waals surface area contributed by atoms with E-state index in [0.29, 0.717) is 12.0 Å². The van der Waals surface area contributed by atoms with Crippen LogP contribution in [0.1, 0.15) is 23.1 Å². The maximum Gasteiger partial charge on any atom is 0.142 e. The summed E-state index contributed by atoms with van der Waals surface area (Å²) in [6.45, 7) is 1.89. The van der Waals surface area contributed by atoms with Crippen LogP contribution in [0.2, 0.25) is 5.02 Å². The lowest BCUT2D eigenvalue weighted by Crippen LogP contribution is -2.06. The Morgan fingerprint density at radius 3 is 2.72 bits per heavy atom. The SMILES string of the molecule is Cc1cc(CC(O)c2ccc(Cl)c(F)c2)n(C)n1. The fraction of sp³-hybridized carbons (Fsp3) is 0.308. The molecular formula is C13H14ClFN2O. The second-order valence-corrected chi connectivity index (χ2v) is 4.70. The summed E-state index contributed by atoms with van der Waals surface area (Å²) < 4.78 is 15.0. The fourth-order valence-corrected chi connectivity index (χ4v) is 2.01. The largest absolute Gasteiger partial charge is 0.388 e. The summed E-state index contributed by atoms with van der Waals surface area (Å²) in [5.74, 6) is -0.519. The number of nitrogens with zero attached hydrogens (tertiary/aromatic N) is 2. The van der Waals surface area contributed by atoms with Gasteiger partial charge >= 0.3 is 0 Å². The zero-order valence-corrected chi connectivity index (χ0v) is 10.9. The molecule has 1 aromatic heterocycles. The standard InChI is InChI=1S/C13H14ClFN2O/c1-8-5-10(17(2)16-8)7-13(18)9-3-4-11(14)12(15)6-9/h3-6,13,18H,7H2,1-2H3. The van der Waals surface area contributed by atoms with E-state index in [1.54, 1.807) is 10.7 Å². The smallest absolute Gasteiger partial charge is 0.142 e. The van der Waals surface area contributed by atoms with Gasteiger partial charge in [-0.05, 0) is 30.7 Å². The second kappa shape index (κ2) is 5.08. The van der Waals surface area contributed by atoms with Crippen LogP contribution in [0.4, 0.5) is 4.39 Å². The molecule has 0 aliphatic rings. The fourth-order valence-electron chi connectivity index (χ4n) is 1.89. The Labute approximate surface area is 110 Å². The van der Waals surface area contributed by atoms with Crippen molar-refractivity contribution in [1.29, 1.82) is 0 Å². The first-order valence-electron chi connectivity index (χ1n) is 5.60. The molecule has 0 bridgehead atoms. The van der Waals surface area contributed by atoms with Gasteiger partial charge in [0, 0.05) is 19.2 Å². The van der Waals surface area contributed by atoms with Crippen molar-refractivity contribution in [2.24, 2.45) is 7.05 Å². The van der Waals surface area contributed by atoms with Crippen LogP contribution in [0.3, 0.4) is 0 Å². The van der Waals surface area contributed by atoms with E-state index < -0.39 is 11.9 Å². The molecule has 2 aromatic rings. The molecule has 5 heteroatoms. The van der Waals surface area contributed by atoms with Gasteiger partial charge in [-0.2, -0.15) is 5.10 Å². The highest BCUT2D eigenvalue weighted by Crippen LogP contribution is 2.23. The zero-order chi connectivity index (χ0) is 13.3. The number of hydrogen-bond donors (Lipinski definition) is 1. The number of aliphatic hydroxyl groups is 1. The maximum absolute atomic E-state index is 13.3. The van der Waals surface area contributed by atoms with E-state index in [-0.39, 0.29) is 5.02 Å². The highest BCUT2D eigenvalue weighted by atomic mass is 35.5. The van der Waals surface area contributed by atoms with Gasteiger partial charge in [0.25, 0.3) is 0 Å². The first-order chi connectivity index (χ1) is 8.47. The van der Waals surface area contributed by atoms with Gasteiger partial charge in [0.05, 0.1) is 16.8 Å². The number of hydrogen-bond acceptors (Lipinski definition) is 2. The van der Waals surface area contributed by atoms with E-state index in [1.165, 1.54) is 12.1 Å². The van der Waals surface area contributed by atoms with E-state index in [1.807, 2.05) is 20.0 Å². The van der Waals surface area contributed by atoms with Crippen molar-refractivity contribution >= 4 is 11.6 Å². The molecule has 0 amide bonds. The normalized spacial score (nSPS) is 12.7. The van der Waals surface area contributed by atoms with E-state index in [0.717, 1.165) is 11.4 Å². The van der Waals surface area contributed by atoms with Crippen LogP contribution in [0.15, 0.2) is 24.3 Å². The Balaban J connectivity index is 2.19. The molecule has 0 saturated heterocycles. The van der Waals surface area contributed by atoms with Crippen molar-refractivity contribution in [2.45, 2.75) is 19.4 Å². The number of rotatable bonds is 3. The van der Waals surface area contributed by atoms with Gasteiger partial charge in [-0.15, -0.1) is 0 Å². The Kier molecular flexibility index (Phi) is 3.68. The van der Waals surface area contributed by atoms with Crippen molar-refractivity contribution in [2.75, 3.05) is 0 Å². The third-order valence-corrected chi connectivity index (χ3v) is 3.14. The highest BCUT2D eigenvalue weighted by molar-refractivity contribution is 6.30. The minimum atomic E-state index is -0.772. The number of benzene rings is 1. The summed E-state index contributed by atoms with van der Waals surface area (Å²) in [6, 6.07) is 6.23. The molecule has 1 aromatic carbocycles. The molecule has 2 rings (SSSR count). The van der Waals surface area contributed by atoms with Crippen molar-refractivity contribution in [3.8, 4) is 0 Å². The first kappa shape index (κ1) is 13.1. The van der Waals surface area contributed by atoms with Gasteiger partial charge < -0.3 is 5.11 Å². The molecule has 0 saturated carbocycles. The predicted octanol–water partition coefficient (Wildman–Crippen LogP) is 2.80. The quantitative estimate of drug-likeness (QED) is 0.930. The molecule has 0 aliphatic carbocycles. The highest BCUT2D eigenvalue weighted by Gasteiger charge is 2.13. The summed E-state index contributed by atoms with van der Waals surface area (Å²) >= 11 is 5.60. The van der Waals surface area contributed by atoms with Crippen molar-refractivity contribution in [3.63, 3.8) is 0 Å². The monoisotopic (exact) mass is 268 g/mol. The topological polar surface area (TPSA) is 38.0 Å². The van der Waals surface area contributed by atoms with Crippen molar-refractivity contribution in [1.82, 2.24) is 9.78 Å². The third kappa shape index (κ3) is 2.71. The molecule has 1 N–H and O–H groups in total. The lowest BCUT2D eigenvalue weighted by Gasteiger charge is -2.11. The number of aromatic nitrogens is 2. The van der Waals surface area contributed by atoms with Gasteiger partial charge in [-0.1, -0.05) is 17.7 Å². The van der Waals surface area contributed by atoms with Gasteiger partial charge in [0.2, 0.25) is 0 Å². The molecule has 0 fully saturated rings. The molecule has 18 heavy (non-hydrogen) atoms. The van der Waals surface area contributed by atoms with Gasteiger partial charge in [0.15, 0.2) is 0 Å². The van der Waals surface area contributed by atoms with E-state index >= 15 is 0 Å². The number of aliphatic hydroxyl groups excluding tert-OH is 1. The Bertz CT molecular complexity index is 568. The van der Waals surface area contributed by atoms with Crippen LogP contribution >= 0.6 is 11.6 Å². The molecule has 0 aliphatic heterocycles. The maximum atomic E-state index is 13.3. The number of aryl methyl sites for hydroxylation is 2. The molecule has 0 spiro atoms. The summed E-state index contributed by atoms with van der Waals surface area (Å²) in [5.41, 5.74) is 2.30. The van der Waals surface area contributed by atoms with E-state index in [4.69, 9.17) is 11.6 Å². The summed E-state index contributed by atoms with van der Waals surface area (Å²) in [4.78, 5) is 0. The molecule has 1 heterocycles. The lowest BCUT2D eigenvalue weighted by molar-refractivity contribution is 0.175.